The fourth-order valence-electron chi connectivity index (χ4n) is 5.39. The number of sulfonamides is 1. The number of hydrogen-bond acceptors (Lipinski definition) is 9. The molecule has 5 rings (SSSR count). The summed E-state index contributed by atoms with van der Waals surface area (Å²) in [7, 11) is -3.50. The highest BCUT2D eigenvalue weighted by molar-refractivity contribution is 7.92. The number of ether oxygens (including phenoxy) is 2. The zero-order valence-electron chi connectivity index (χ0n) is 28.6. The van der Waals surface area contributed by atoms with Gasteiger partial charge < -0.3 is 24.8 Å². The molecule has 1 amide bonds. The van der Waals surface area contributed by atoms with Crippen LogP contribution in [0, 0.1) is 18.3 Å². The van der Waals surface area contributed by atoms with E-state index in [1.165, 1.54) is 0 Å². The Morgan fingerprint density at radius 2 is 1.58 bits per heavy atom. The average molecular weight is 720 g/mol. The Bertz CT molecular complexity index is 2170. The van der Waals surface area contributed by atoms with Crippen LogP contribution in [-0.4, -0.2) is 43.2 Å². The number of carboxylic acid groups (broad SMARTS) is 1. The smallest absolute Gasteiger partial charge is 0.312 e. The summed E-state index contributed by atoms with van der Waals surface area (Å²) in [6.45, 7) is 3.14. The van der Waals surface area contributed by atoms with Crippen LogP contribution >= 0.6 is 0 Å². The normalized spacial score (nSPS) is 10.9. The first kappa shape index (κ1) is 36.9. The van der Waals surface area contributed by atoms with Crippen LogP contribution in [0.4, 0.5) is 17.1 Å². The van der Waals surface area contributed by atoms with Crippen molar-refractivity contribution in [1.82, 2.24) is 4.98 Å². The van der Waals surface area contributed by atoms with Crippen LogP contribution in [0.1, 0.15) is 34.2 Å². The van der Waals surface area contributed by atoms with Crippen molar-refractivity contribution in [1.29, 1.82) is 5.26 Å². The first-order valence-corrected chi connectivity index (χ1v) is 18.1. The fourth-order valence-corrected chi connectivity index (χ4v) is 6.01. The van der Waals surface area contributed by atoms with Gasteiger partial charge in [-0.15, -0.1) is 0 Å². The maximum absolute atomic E-state index is 12.2. The van der Waals surface area contributed by atoms with Crippen molar-refractivity contribution < 1.29 is 32.6 Å². The second-order valence-corrected chi connectivity index (χ2v) is 13.8. The van der Waals surface area contributed by atoms with Crippen LogP contribution in [0.15, 0.2) is 109 Å². The van der Waals surface area contributed by atoms with Crippen molar-refractivity contribution >= 4 is 39.0 Å². The SMILES string of the molecule is Cc1c(NS(C)(=O)=O)cccc1N(Cc1ccc(C#N)cc1)Cc1ccc(Oc2cc(NC(=O)CC(=O)O)cc(OCCc3cccnc3)c2)cc1. The number of nitrogens with zero attached hydrogens (tertiary/aromatic N) is 3. The molecule has 266 valence electrons. The number of aromatic nitrogens is 1. The summed E-state index contributed by atoms with van der Waals surface area (Å²) in [6, 6.07) is 31.0. The number of carbonyl (C=O) groups is 2. The van der Waals surface area contributed by atoms with Crippen LogP contribution < -0.4 is 24.4 Å². The molecule has 0 radical (unpaired) electrons. The van der Waals surface area contributed by atoms with E-state index < -0.39 is 28.3 Å². The molecule has 0 spiro atoms. The monoisotopic (exact) mass is 719 g/mol. The van der Waals surface area contributed by atoms with E-state index in [0.29, 0.717) is 60.3 Å². The summed E-state index contributed by atoms with van der Waals surface area (Å²) in [5.74, 6) is -0.639. The van der Waals surface area contributed by atoms with Crippen LogP contribution in [0.5, 0.6) is 17.2 Å². The van der Waals surface area contributed by atoms with Crippen molar-refractivity contribution in [2.45, 2.75) is 32.9 Å². The quantitative estimate of drug-likeness (QED) is 0.0936. The lowest BCUT2D eigenvalue weighted by atomic mass is 10.1. The first-order valence-electron chi connectivity index (χ1n) is 16.2. The Balaban J connectivity index is 1.36. The lowest BCUT2D eigenvalue weighted by Gasteiger charge is -2.28. The zero-order chi connectivity index (χ0) is 37.1. The minimum absolute atomic E-state index is 0.318. The van der Waals surface area contributed by atoms with Gasteiger partial charge in [0, 0.05) is 61.5 Å². The summed E-state index contributed by atoms with van der Waals surface area (Å²) in [4.78, 5) is 29.6. The molecular formula is C39H37N5O7S. The number of aliphatic carboxylic acids is 1. The molecule has 3 N–H and O–H groups in total. The molecule has 0 aliphatic rings. The minimum atomic E-state index is -3.50. The summed E-state index contributed by atoms with van der Waals surface area (Å²) >= 11 is 0. The van der Waals surface area contributed by atoms with E-state index in [1.807, 2.05) is 61.5 Å². The highest BCUT2D eigenvalue weighted by atomic mass is 32.2. The van der Waals surface area contributed by atoms with Gasteiger partial charge in [0.15, 0.2) is 0 Å². The average Bonchev–Trinajstić information content (AvgIpc) is 3.09. The lowest BCUT2D eigenvalue weighted by Crippen LogP contribution is -2.23. The number of benzene rings is 4. The predicted molar refractivity (Wildman–Crippen MR) is 198 cm³/mol. The van der Waals surface area contributed by atoms with Gasteiger partial charge in [0.25, 0.3) is 0 Å². The van der Waals surface area contributed by atoms with Crippen LogP contribution in [0.3, 0.4) is 0 Å². The molecule has 52 heavy (non-hydrogen) atoms. The third-order valence-corrected chi connectivity index (χ3v) is 8.38. The Labute approximate surface area is 302 Å². The number of anilines is 3. The summed E-state index contributed by atoms with van der Waals surface area (Å²) in [5.41, 5.74) is 5.84. The van der Waals surface area contributed by atoms with Gasteiger partial charge in [-0.1, -0.05) is 36.4 Å². The van der Waals surface area contributed by atoms with Gasteiger partial charge in [0.1, 0.15) is 23.7 Å². The maximum atomic E-state index is 12.2. The molecule has 0 saturated heterocycles. The molecule has 0 unspecified atom stereocenters. The standard InChI is InChI=1S/C39H37N5O7S/c1-27-36(43-52(2,48)49)6-3-7-37(27)44(25-30-10-8-28(23-40)9-11-30)26-31-12-14-33(15-13-31)51-35-20-32(42-38(45)22-39(46)47)19-34(21-35)50-18-16-29-5-4-17-41-24-29/h3-15,17,19-21,24,43H,16,18,22,25-26H2,1-2H3,(H,42,45)(H,46,47). The number of nitriles is 1. The summed E-state index contributed by atoms with van der Waals surface area (Å²) in [6.07, 6.45) is 4.47. The van der Waals surface area contributed by atoms with E-state index in [1.54, 1.807) is 54.9 Å². The number of carbonyl (C=O) groups excluding carboxylic acids is 1. The largest absolute Gasteiger partial charge is 0.493 e. The Hall–Kier alpha value is -6.39. The molecule has 4 aromatic carbocycles. The highest BCUT2D eigenvalue weighted by Gasteiger charge is 2.16. The van der Waals surface area contributed by atoms with E-state index in [9.17, 15) is 23.3 Å². The second kappa shape index (κ2) is 17.0. The van der Waals surface area contributed by atoms with Gasteiger partial charge in [0.2, 0.25) is 15.9 Å². The van der Waals surface area contributed by atoms with Gasteiger partial charge in [0.05, 0.1) is 30.2 Å². The minimum Gasteiger partial charge on any atom is -0.493 e. The van der Waals surface area contributed by atoms with Crippen LogP contribution in [0.2, 0.25) is 0 Å². The third-order valence-electron chi connectivity index (χ3n) is 7.79. The van der Waals surface area contributed by atoms with Crippen molar-refractivity contribution in [2.24, 2.45) is 0 Å². The summed E-state index contributed by atoms with van der Waals surface area (Å²) < 4.78 is 38.8. The Kier molecular flexibility index (Phi) is 12.1. The zero-order valence-corrected chi connectivity index (χ0v) is 29.4. The van der Waals surface area contributed by atoms with E-state index in [-0.39, 0.29) is 0 Å². The number of amides is 1. The molecular weight excluding hydrogens is 683 g/mol. The molecule has 0 bridgehead atoms. The van der Waals surface area contributed by atoms with E-state index >= 15 is 0 Å². The fraction of sp³-hybridized carbons (Fsp3) is 0.179. The van der Waals surface area contributed by atoms with E-state index in [2.05, 4.69) is 26.0 Å². The molecule has 0 aliphatic carbocycles. The Morgan fingerprint density at radius 1 is 0.885 bits per heavy atom. The number of nitrogens with one attached hydrogen (secondary N) is 2. The van der Waals surface area contributed by atoms with Gasteiger partial charge in [-0.3, -0.25) is 19.3 Å². The predicted octanol–water partition coefficient (Wildman–Crippen LogP) is 6.67. The second-order valence-electron chi connectivity index (χ2n) is 12.0. The number of carboxylic acids is 1. The van der Waals surface area contributed by atoms with Gasteiger partial charge in [-0.2, -0.15) is 5.26 Å². The van der Waals surface area contributed by atoms with Crippen LogP contribution in [-0.2, 0) is 39.1 Å². The molecule has 0 atom stereocenters. The van der Waals surface area contributed by atoms with Crippen molar-refractivity contribution in [2.75, 3.05) is 27.8 Å². The van der Waals surface area contributed by atoms with E-state index in [4.69, 9.17) is 14.6 Å². The number of hydrogen-bond donors (Lipinski definition) is 3. The molecule has 0 saturated carbocycles. The number of rotatable bonds is 16. The first-order chi connectivity index (χ1) is 24.9. The molecule has 12 nitrogen and oxygen atoms in total. The molecule has 1 aromatic heterocycles. The molecule has 13 heteroatoms. The molecule has 0 aliphatic heterocycles. The van der Waals surface area contributed by atoms with Gasteiger partial charge in [-0.05, 0) is 71.6 Å². The van der Waals surface area contributed by atoms with Gasteiger partial charge >= 0.3 is 5.97 Å². The van der Waals surface area contributed by atoms with Crippen molar-refractivity contribution in [3.8, 4) is 23.3 Å². The molecule has 1 heterocycles. The topological polar surface area (TPSA) is 171 Å². The third kappa shape index (κ3) is 11.1. The van der Waals surface area contributed by atoms with Gasteiger partial charge in [-0.25, -0.2) is 8.42 Å². The molecule has 5 aromatic rings. The van der Waals surface area contributed by atoms with E-state index in [0.717, 1.165) is 34.2 Å². The van der Waals surface area contributed by atoms with Crippen molar-refractivity contribution in [3.63, 3.8) is 0 Å². The number of pyridine rings is 1. The highest BCUT2D eigenvalue weighted by Crippen LogP contribution is 2.32. The Morgan fingerprint density at radius 3 is 2.21 bits per heavy atom. The maximum Gasteiger partial charge on any atom is 0.312 e. The van der Waals surface area contributed by atoms with Crippen molar-refractivity contribution in [3.05, 3.63) is 137 Å². The lowest BCUT2D eigenvalue weighted by molar-refractivity contribution is -0.139. The molecule has 0 fully saturated rings. The van der Waals surface area contributed by atoms with Crippen LogP contribution in [0.25, 0.3) is 0 Å². The summed E-state index contributed by atoms with van der Waals surface area (Å²) in [5, 5.41) is 20.9.